The minimum Gasteiger partial charge on any atom is -0.385 e. The molecule has 0 heterocycles. The van der Waals surface area contributed by atoms with Crippen LogP contribution in [0, 0.1) is 0 Å². The van der Waals surface area contributed by atoms with Gasteiger partial charge in [-0.2, -0.15) is 0 Å². The molecule has 0 atom stereocenters. The number of rotatable bonds is 3. The molecule has 0 saturated heterocycles. The first-order valence-electron chi connectivity index (χ1n) is 3.95. The van der Waals surface area contributed by atoms with Gasteiger partial charge in [0.25, 0.3) is 0 Å². The molecular weight excluding hydrogens is 216 g/mol. The van der Waals surface area contributed by atoms with E-state index >= 15 is 0 Å². The first kappa shape index (κ1) is 11.0. The average Bonchev–Trinajstić information content (AvgIpc) is 2.16. The van der Waals surface area contributed by atoms with Crippen LogP contribution in [0.2, 0.25) is 0 Å². The van der Waals surface area contributed by atoms with E-state index in [0.717, 1.165) is 17.4 Å². The molecule has 0 bridgehead atoms. The highest BCUT2D eigenvalue weighted by Crippen LogP contribution is 2.06. The summed E-state index contributed by atoms with van der Waals surface area (Å²) in [5.74, 6) is 0.151. The Morgan fingerprint density at radius 2 is 2.07 bits per heavy atom. The van der Waals surface area contributed by atoms with E-state index in [1.807, 2.05) is 30.3 Å². The van der Waals surface area contributed by atoms with Crippen molar-refractivity contribution in [2.75, 3.05) is 11.1 Å². The number of anilines is 1. The number of para-hydroxylation sites is 1. The third-order valence-electron chi connectivity index (χ3n) is 1.40. The summed E-state index contributed by atoms with van der Waals surface area (Å²) in [6.45, 7) is 0. The van der Waals surface area contributed by atoms with Crippen molar-refractivity contribution in [3.63, 3.8) is 0 Å². The molecule has 1 aromatic rings. The monoisotopic (exact) mass is 226 g/mol. The quantitative estimate of drug-likeness (QED) is 0.769. The van der Waals surface area contributed by atoms with Crippen LogP contribution in [0.4, 0.5) is 5.69 Å². The Bertz CT molecular complexity index is 327. The lowest BCUT2D eigenvalue weighted by Crippen LogP contribution is -2.16. The van der Waals surface area contributed by atoms with Gasteiger partial charge in [-0.05, 0) is 12.1 Å². The van der Waals surface area contributed by atoms with E-state index in [-0.39, 0.29) is 16.0 Å². The summed E-state index contributed by atoms with van der Waals surface area (Å²) in [4.78, 5) is 11.3. The molecule has 0 saturated carbocycles. The molecule has 1 aromatic carbocycles. The predicted octanol–water partition coefficient (Wildman–Crippen LogP) is 1.60. The molecule has 0 aliphatic carbocycles. The standard InChI is InChI=1S/C9H10N2OS2/c10-9(13)14-6-8(12)11-7-4-2-1-3-5-7/h1-5H,6H2,(H2,10,13)(H,11,12). The van der Waals surface area contributed by atoms with Gasteiger partial charge < -0.3 is 11.1 Å². The maximum Gasteiger partial charge on any atom is 0.234 e. The van der Waals surface area contributed by atoms with Gasteiger partial charge in [-0.3, -0.25) is 4.79 Å². The molecule has 0 aromatic heterocycles. The Hall–Kier alpha value is -1.07. The molecule has 74 valence electrons. The fraction of sp³-hybridized carbons (Fsp3) is 0.111. The van der Waals surface area contributed by atoms with Gasteiger partial charge in [-0.25, -0.2) is 0 Å². The summed E-state index contributed by atoms with van der Waals surface area (Å²) in [6, 6.07) is 9.25. The van der Waals surface area contributed by atoms with Gasteiger partial charge in [0, 0.05) is 5.69 Å². The van der Waals surface area contributed by atoms with Crippen LogP contribution in [0.1, 0.15) is 0 Å². The molecule has 3 N–H and O–H groups in total. The second-order valence-corrected chi connectivity index (χ2v) is 4.24. The van der Waals surface area contributed by atoms with Crippen molar-refractivity contribution in [1.82, 2.24) is 0 Å². The second kappa shape index (κ2) is 5.62. The lowest BCUT2D eigenvalue weighted by molar-refractivity contribution is -0.113. The summed E-state index contributed by atoms with van der Waals surface area (Å²) in [5.41, 5.74) is 6.03. The molecule has 5 heteroatoms. The van der Waals surface area contributed by atoms with Gasteiger partial charge in [0.05, 0.1) is 5.75 Å². The number of carbonyl (C=O) groups excluding carboxylic acids is 1. The van der Waals surface area contributed by atoms with Gasteiger partial charge in [-0.1, -0.05) is 42.2 Å². The molecule has 0 fully saturated rings. The van der Waals surface area contributed by atoms with Crippen molar-refractivity contribution >= 4 is 39.9 Å². The van der Waals surface area contributed by atoms with Gasteiger partial charge in [0.2, 0.25) is 5.91 Å². The maximum absolute atomic E-state index is 11.3. The highest BCUT2D eigenvalue weighted by atomic mass is 32.2. The fourth-order valence-corrected chi connectivity index (χ4v) is 1.38. The average molecular weight is 226 g/mol. The number of amides is 1. The van der Waals surface area contributed by atoms with E-state index in [0.29, 0.717) is 0 Å². The van der Waals surface area contributed by atoms with Crippen LogP contribution in [-0.4, -0.2) is 16.0 Å². The van der Waals surface area contributed by atoms with Crippen molar-refractivity contribution in [3.8, 4) is 0 Å². The van der Waals surface area contributed by atoms with E-state index in [1.54, 1.807) is 0 Å². The fourth-order valence-electron chi connectivity index (χ4n) is 0.855. The molecule has 0 radical (unpaired) electrons. The zero-order valence-corrected chi connectivity index (χ0v) is 9.03. The largest absolute Gasteiger partial charge is 0.385 e. The maximum atomic E-state index is 11.3. The van der Waals surface area contributed by atoms with Gasteiger partial charge >= 0.3 is 0 Å². The van der Waals surface area contributed by atoms with Crippen molar-refractivity contribution in [1.29, 1.82) is 0 Å². The van der Waals surface area contributed by atoms with Crippen LogP contribution in [0.15, 0.2) is 30.3 Å². The van der Waals surface area contributed by atoms with Gasteiger partial charge in [-0.15, -0.1) is 0 Å². The number of benzene rings is 1. The van der Waals surface area contributed by atoms with E-state index in [1.165, 1.54) is 0 Å². The Labute approximate surface area is 92.1 Å². The molecule has 14 heavy (non-hydrogen) atoms. The zero-order valence-electron chi connectivity index (χ0n) is 7.40. The lowest BCUT2D eigenvalue weighted by Gasteiger charge is -2.03. The lowest BCUT2D eigenvalue weighted by atomic mass is 10.3. The molecule has 1 rings (SSSR count). The third-order valence-corrected chi connectivity index (χ3v) is 2.45. The van der Waals surface area contributed by atoms with Crippen molar-refractivity contribution in [3.05, 3.63) is 30.3 Å². The molecule has 0 aliphatic heterocycles. The topological polar surface area (TPSA) is 55.1 Å². The smallest absolute Gasteiger partial charge is 0.234 e. The SMILES string of the molecule is NC(=S)SCC(=O)Nc1ccccc1. The van der Waals surface area contributed by atoms with Crippen LogP contribution >= 0.6 is 24.0 Å². The summed E-state index contributed by atoms with van der Waals surface area (Å²) < 4.78 is 0.285. The predicted molar refractivity (Wildman–Crippen MR) is 64.3 cm³/mol. The van der Waals surface area contributed by atoms with Crippen molar-refractivity contribution in [2.24, 2.45) is 5.73 Å². The zero-order chi connectivity index (χ0) is 10.4. The summed E-state index contributed by atoms with van der Waals surface area (Å²) in [6.07, 6.45) is 0. The normalized spacial score (nSPS) is 9.43. The second-order valence-electron chi connectivity index (χ2n) is 2.52. The Kier molecular flexibility index (Phi) is 4.42. The molecule has 3 nitrogen and oxygen atoms in total. The van der Waals surface area contributed by atoms with Crippen molar-refractivity contribution in [2.45, 2.75) is 0 Å². The Morgan fingerprint density at radius 3 is 2.64 bits per heavy atom. The van der Waals surface area contributed by atoms with E-state index in [2.05, 4.69) is 17.5 Å². The molecule has 1 amide bonds. The van der Waals surface area contributed by atoms with Crippen LogP contribution in [0.3, 0.4) is 0 Å². The number of hydrogen-bond acceptors (Lipinski definition) is 3. The minimum atomic E-state index is -0.103. The number of thiocarbonyl (C=S) groups is 1. The van der Waals surface area contributed by atoms with Crippen LogP contribution < -0.4 is 11.1 Å². The number of nitrogens with one attached hydrogen (secondary N) is 1. The number of nitrogens with two attached hydrogens (primary N) is 1. The Morgan fingerprint density at radius 1 is 1.43 bits per heavy atom. The highest BCUT2D eigenvalue weighted by Gasteiger charge is 2.02. The number of carbonyl (C=O) groups is 1. The first-order valence-corrected chi connectivity index (χ1v) is 5.35. The summed E-state index contributed by atoms with van der Waals surface area (Å²) in [7, 11) is 0. The molecule has 0 aliphatic rings. The van der Waals surface area contributed by atoms with E-state index in [4.69, 9.17) is 5.73 Å². The highest BCUT2D eigenvalue weighted by molar-refractivity contribution is 8.23. The minimum absolute atomic E-state index is 0.103. The first-order chi connectivity index (χ1) is 6.68. The van der Waals surface area contributed by atoms with E-state index in [9.17, 15) is 4.79 Å². The Balaban J connectivity index is 2.38. The van der Waals surface area contributed by atoms with Crippen LogP contribution in [-0.2, 0) is 4.79 Å². The third kappa shape index (κ3) is 4.25. The van der Waals surface area contributed by atoms with Crippen LogP contribution in [0.5, 0.6) is 0 Å². The number of hydrogen-bond donors (Lipinski definition) is 2. The number of thioether (sulfide) groups is 1. The molecular formula is C9H10N2OS2. The van der Waals surface area contributed by atoms with Gasteiger partial charge in [0.1, 0.15) is 4.32 Å². The van der Waals surface area contributed by atoms with E-state index < -0.39 is 0 Å². The van der Waals surface area contributed by atoms with Crippen molar-refractivity contribution < 1.29 is 4.79 Å². The summed E-state index contributed by atoms with van der Waals surface area (Å²) in [5, 5.41) is 2.72. The summed E-state index contributed by atoms with van der Waals surface area (Å²) >= 11 is 5.80. The van der Waals surface area contributed by atoms with Crippen LogP contribution in [0.25, 0.3) is 0 Å². The van der Waals surface area contributed by atoms with Gasteiger partial charge in [0.15, 0.2) is 0 Å². The molecule has 0 unspecified atom stereocenters. The molecule has 0 spiro atoms.